The van der Waals surface area contributed by atoms with E-state index in [1.165, 1.54) is 6.42 Å². The molecular weight excluding hydrogens is 342 g/mol. The number of hydrogen-bond acceptors (Lipinski definition) is 3. The van der Waals surface area contributed by atoms with E-state index >= 15 is 0 Å². The van der Waals surface area contributed by atoms with E-state index in [1.54, 1.807) is 23.1 Å². The van der Waals surface area contributed by atoms with Crippen LogP contribution in [-0.4, -0.2) is 35.2 Å². The van der Waals surface area contributed by atoms with Crippen LogP contribution >= 0.6 is 0 Å². The Bertz CT molecular complexity index is 698. The molecule has 1 aliphatic carbocycles. The first-order chi connectivity index (χ1) is 13.0. The van der Waals surface area contributed by atoms with E-state index in [4.69, 9.17) is 5.73 Å². The Hall–Kier alpha value is -2.37. The Kier molecular flexibility index (Phi) is 6.48. The molecule has 0 radical (unpaired) electrons. The first-order valence-electron chi connectivity index (χ1n) is 10.0. The number of rotatable bonds is 5. The van der Waals surface area contributed by atoms with Crippen molar-refractivity contribution >= 4 is 23.4 Å². The third kappa shape index (κ3) is 5.08. The van der Waals surface area contributed by atoms with Crippen LogP contribution in [-0.2, 0) is 9.59 Å². The Balaban J connectivity index is 1.69. The van der Waals surface area contributed by atoms with E-state index < -0.39 is 0 Å². The van der Waals surface area contributed by atoms with Crippen molar-refractivity contribution in [1.29, 1.82) is 0 Å². The molecule has 1 saturated heterocycles. The molecule has 0 aromatic heterocycles. The largest absolute Gasteiger partial charge is 0.370 e. The van der Waals surface area contributed by atoms with Crippen molar-refractivity contribution in [3.8, 4) is 0 Å². The zero-order valence-electron chi connectivity index (χ0n) is 15.8. The van der Waals surface area contributed by atoms with Gasteiger partial charge in [0.15, 0.2) is 0 Å². The maximum atomic E-state index is 13.0. The number of likely N-dealkylation sites (tertiary alicyclic amines) is 1. The van der Waals surface area contributed by atoms with Gasteiger partial charge in [0.05, 0.1) is 0 Å². The van der Waals surface area contributed by atoms with Gasteiger partial charge < -0.3 is 16.0 Å². The van der Waals surface area contributed by atoms with Gasteiger partial charge in [-0.25, -0.2) is 0 Å². The van der Waals surface area contributed by atoms with E-state index in [1.807, 2.05) is 6.07 Å². The molecule has 0 bridgehead atoms. The van der Waals surface area contributed by atoms with Crippen molar-refractivity contribution in [1.82, 2.24) is 4.90 Å². The topological polar surface area (TPSA) is 92.5 Å². The average Bonchev–Trinajstić information content (AvgIpc) is 2.68. The highest BCUT2D eigenvalue weighted by Gasteiger charge is 2.29. The molecule has 2 fully saturated rings. The minimum Gasteiger partial charge on any atom is -0.370 e. The Morgan fingerprint density at radius 1 is 1.04 bits per heavy atom. The Morgan fingerprint density at radius 3 is 2.52 bits per heavy atom. The Labute approximate surface area is 160 Å². The van der Waals surface area contributed by atoms with Crippen molar-refractivity contribution < 1.29 is 14.4 Å². The van der Waals surface area contributed by atoms with E-state index in [-0.39, 0.29) is 36.1 Å². The summed E-state index contributed by atoms with van der Waals surface area (Å²) in [5.41, 5.74) is 6.54. The fourth-order valence-electron chi connectivity index (χ4n) is 4.22. The lowest BCUT2D eigenvalue weighted by Gasteiger charge is -2.35. The number of nitrogens with two attached hydrogens (primary N) is 1. The summed E-state index contributed by atoms with van der Waals surface area (Å²) in [5, 5.41) is 2.97. The van der Waals surface area contributed by atoms with Crippen LogP contribution in [0.3, 0.4) is 0 Å². The van der Waals surface area contributed by atoms with E-state index in [0.717, 1.165) is 44.9 Å². The molecule has 6 heteroatoms. The fourth-order valence-corrected chi connectivity index (χ4v) is 4.22. The van der Waals surface area contributed by atoms with Gasteiger partial charge in [-0.2, -0.15) is 0 Å². The summed E-state index contributed by atoms with van der Waals surface area (Å²) in [4.78, 5) is 38.6. The molecule has 1 aromatic carbocycles. The number of piperidine rings is 1. The maximum absolute atomic E-state index is 13.0. The summed E-state index contributed by atoms with van der Waals surface area (Å²) in [7, 11) is 0. The lowest BCUT2D eigenvalue weighted by atomic mass is 9.88. The predicted octanol–water partition coefficient (Wildman–Crippen LogP) is 3.08. The van der Waals surface area contributed by atoms with Gasteiger partial charge in [-0.05, 0) is 50.3 Å². The maximum Gasteiger partial charge on any atom is 0.254 e. The summed E-state index contributed by atoms with van der Waals surface area (Å²) in [5.74, 6) is -0.369. The van der Waals surface area contributed by atoms with Crippen molar-refractivity contribution in [2.45, 2.75) is 63.8 Å². The number of amides is 3. The summed E-state index contributed by atoms with van der Waals surface area (Å²) < 4.78 is 0. The summed E-state index contributed by atoms with van der Waals surface area (Å²) >= 11 is 0. The summed E-state index contributed by atoms with van der Waals surface area (Å²) in [6.07, 6.45) is 8.21. The van der Waals surface area contributed by atoms with Gasteiger partial charge in [0.25, 0.3) is 5.91 Å². The van der Waals surface area contributed by atoms with Gasteiger partial charge in [-0.3, -0.25) is 14.4 Å². The number of nitrogens with one attached hydrogen (secondary N) is 1. The third-order valence-electron chi connectivity index (χ3n) is 5.68. The molecule has 6 nitrogen and oxygen atoms in total. The minimum absolute atomic E-state index is 0.0453. The number of hydrogen-bond donors (Lipinski definition) is 2. The lowest BCUT2D eigenvalue weighted by molar-refractivity contribution is -0.121. The minimum atomic E-state index is -0.381. The Morgan fingerprint density at radius 2 is 1.78 bits per heavy atom. The first-order valence-corrected chi connectivity index (χ1v) is 10.0. The molecule has 2 aliphatic rings. The van der Waals surface area contributed by atoms with Crippen LogP contribution in [0.5, 0.6) is 0 Å². The van der Waals surface area contributed by atoms with Gasteiger partial charge in [-0.15, -0.1) is 0 Å². The highest BCUT2D eigenvalue weighted by atomic mass is 16.2. The van der Waals surface area contributed by atoms with Crippen molar-refractivity contribution in [3.63, 3.8) is 0 Å². The molecule has 1 heterocycles. The zero-order chi connectivity index (χ0) is 19.2. The SMILES string of the molecule is NC(=O)CC1CCCCN1C(=O)c1cccc(NC(=O)C2CCCCC2)c1. The molecular formula is C21H29N3O3. The third-order valence-corrected chi connectivity index (χ3v) is 5.68. The van der Waals surface area contributed by atoms with Crippen LogP contribution in [0.4, 0.5) is 5.69 Å². The second kappa shape index (κ2) is 9.02. The second-order valence-electron chi connectivity index (χ2n) is 7.72. The van der Waals surface area contributed by atoms with Crippen molar-refractivity contribution in [2.75, 3.05) is 11.9 Å². The molecule has 1 saturated carbocycles. The van der Waals surface area contributed by atoms with Crippen molar-refractivity contribution in [2.24, 2.45) is 11.7 Å². The van der Waals surface area contributed by atoms with Crippen LogP contribution in [0, 0.1) is 5.92 Å². The highest BCUT2D eigenvalue weighted by Crippen LogP contribution is 2.26. The van der Waals surface area contributed by atoms with Crippen LogP contribution in [0.15, 0.2) is 24.3 Å². The quantitative estimate of drug-likeness (QED) is 0.833. The lowest BCUT2D eigenvalue weighted by Crippen LogP contribution is -2.45. The first kappa shape index (κ1) is 19.4. The average molecular weight is 371 g/mol. The second-order valence-corrected chi connectivity index (χ2v) is 7.72. The summed E-state index contributed by atoms with van der Waals surface area (Å²) in [6, 6.07) is 6.96. The van der Waals surface area contributed by atoms with Crippen molar-refractivity contribution in [3.05, 3.63) is 29.8 Å². The number of benzene rings is 1. The van der Waals surface area contributed by atoms with Crippen LogP contribution in [0.1, 0.15) is 68.1 Å². The molecule has 27 heavy (non-hydrogen) atoms. The van der Waals surface area contributed by atoms with Gasteiger partial charge in [-0.1, -0.05) is 25.3 Å². The molecule has 1 aromatic rings. The normalized spacial score (nSPS) is 20.9. The number of carbonyl (C=O) groups is 3. The van der Waals surface area contributed by atoms with Gasteiger partial charge in [0, 0.05) is 36.2 Å². The fraction of sp³-hybridized carbons (Fsp3) is 0.571. The monoisotopic (exact) mass is 371 g/mol. The van der Waals surface area contributed by atoms with Crippen LogP contribution in [0.25, 0.3) is 0 Å². The molecule has 1 aliphatic heterocycles. The van der Waals surface area contributed by atoms with E-state index in [9.17, 15) is 14.4 Å². The van der Waals surface area contributed by atoms with E-state index in [2.05, 4.69) is 5.32 Å². The molecule has 3 N–H and O–H groups in total. The van der Waals surface area contributed by atoms with Gasteiger partial charge in [0.1, 0.15) is 0 Å². The summed E-state index contributed by atoms with van der Waals surface area (Å²) in [6.45, 7) is 0.634. The van der Waals surface area contributed by atoms with Gasteiger partial charge in [0.2, 0.25) is 11.8 Å². The molecule has 146 valence electrons. The molecule has 3 rings (SSSR count). The zero-order valence-corrected chi connectivity index (χ0v) is 15.8. The smallest absolute Gasteiger partial charge is 0.254 e. The number of nitrogens with zero attached hydrogens (tertiary/aromatic N) is 1. The standard InChI is InChI=1S/C21H29N3O3/c22-19(25)14-18-11-4-5-12-24(18)21(27)16-9-6-10-17(13-16)23-20(26)15-7-2-1-3-8-15/h6,9-10,13,15,18H,1-5,7-8,11-12,14H2,(H2,22,25)(H,23,26). The van der Waals surface area contributed by atoms with Crippen LogP contribution < -0.4 is 11.1 Å². The van der Waals surface area contributed by atoms with Crippen LogP contribution in [0.2, 0.25) is 0 Å². The number of carbonyl (C=O) groups excluding carboxylic acids is 3. The number of primary amides is 1. The predicted molar refractivity (Wildman–Crippen MR) is 104 cm³/mol. The molecule has 1 unspecified atom stereocenters. The highest BCUT2D eigenvalue weighted by molar-refractivity contribution is 5.98. The van der Waals surface area contributed by atoms with E-state index in [0.29, 0.717) is 17.8 Å². The molecule has 0 spiro atoms. The molecule has 3 amide bonds. The molecule has 1 atom stereocenters. The number of anilines is 1. The van der Waals surface area contributed by atoms with Gasteiger partial charge >= 0.3 is 0 Å².